The maximum atomic E-state index is 11.7. The molecular weight excluding hydrogens is 516 g/mol. The summed E-state index contributed by atoms with van der Waals surface area (Å²) < 4.78 is 9.60. The van der Waals surface area contributed by atoms with Gasteiger partial charge in [-0.3, -0.25) is 14.4 Å². The van der Waals surface area contributed by atoms with Crippen LogP contribution in [0.4, 0.5) is 5.82 Å². The van der Waals surface area contributed by atoms with Crippen molar-refractivity contribution in [1.82, 2.24) is 29.4 Å². The summed E-state index contributed by atoms with van der Waals surface area (Å²) in [4.78, 5) is 18.6. The molecule has 0 bridgehead atoms. The quantitative estimate of drug-likeness (QED) is 0.339. The average molecular weight is 553 g/mol. The lowest BCUT2D eigenvalue weighted by Crippen LogP contribution is -2.53. The number of fused-ring (bicyclic) bond motifs is 1. The van der Waals surface area contributed by atoms with Crippen LogP contribution < -0.4 is 15.6 Å². The van der Waals surface area contributed by atoms with Gasteiger partial charge in [0.05, 0.1) is 23.0 Å². The van der Waals surface area contributed by atoms with Crippen molar-refractivity contribution in [2.75, 3.05) is 25.0 Å². The van der Waals surface area contributed by atoms with Gasteiger partial charge >= 0.3 is 0 Å². The number of pyridine rings is 1. The van der Waals surface area contributed by atoms with Crippen LogP contribution in [0.2, 0.25) is 0 Å². The molecule has 3 aromatic heterocycles. The highest BCUT2D eigenvalue weighted by Gasteiger charge is 2.38. The van der Waals surface area contributed by atoms with Crippen LogP contribution in [0.25, 0.3) is 22.2 Å². The number of rotatable bonds is 8. The highest BCUT2D eigenvalue weighted by Crippen LogP contribution is 2.37. The van der Waals surface area contributed by atoms with Crippen LogP contribution in [0.1, 0.15) is 51.1 Å². The molecule has 4 aromatic rings. The molecule has 0 atom stereocenters. The second-order valence-corrected chi connectivity index (χ2v) is 11.6. The Kier molecular flexibility index (Phi) is 7.22. The Morgan fingerprint density at radius 1 is 1.10 bits per heavy atom. The monoisotopic (exact) mass is 552 g/mol. The molecule has 2 aliphatic rings. The van der Waals surface area contributed by atoms with E-state index in [9.17, 15) is 10.1 Å². The lowest BCUT2D eigenvalue weighted by atomic mass is 9.83. The minimum Gasteiger partial charge on any atom is -0.473 e. The first-order chi connectivity index (χ1) is 19.8. The van der Waals surface area contributed by atoms with Crippen LogP contribution in [0.5, 0.6) is 5.88 Å². The van der Waals surface area contributed by atoms with Gasteiger partial charge in [0.25, 0.3) is 5.56 Å². The van der Waals surface area contributed by atoms with E-state index in [2.05, 4.69) is 68.3 Å². The fraction of sp³-hybridized carbons (Fsp3) is 0.452. The lowest BCUT2D eigenvalue weighted by Gasteiger charge is -2.43. The van der Waals surface area contributed by atoms with Crippen molar-refractivity contribution in [3.8, 4) is 23.2 Å². The maximum absolute atomic E-state index is 11.7. The summed E-state index contributed by atoms with van der Waals surface area (Å²) in [6.07, 6.45) is 5.62. The van der Waals surface area contributed by atoms with Crippen LogP contribution >= 0.6 is 0 Å². The van der Waals surface area contributed by atoms with Crippen LogP contribution in [-0.2, 0) is 13.6 Å². The highest BCUT2D eigenvalue weighted by molar-refractivity contribution is 5.94. The zero-order valence-corrected chi connectivity index (χ0v) is 23.9. The van der Waals surface area contributed by atoms with Gasteiger partial charge in [0.15, 0.2) is 0 Å². The fourth-order valence-electron chi connectivity index (χ4n) is 6.07. The van der Waals surface area contributed by atoms with Gasteiger partial charge in [-0.05, 0) is 45.1 Å². The molecule has 0 amide bonds. The van der Waals surface area contributed by atoms with Gasteiger partial charge in [-0.25, -0.2) is 9.67 Å². The molecule has 1 saturated carbocycles. The Labute approximate surface area is 239 Å². The van der Waals surface area contributed by atoms with Gasteiger partial charge in [0, 0.05) is 68.6 Å². The third-order valence-electron chi connectivity index (χ3n) is 8.21. The van der Waals surface area contributed by atoms with Crippen LogP contribution in [0.3, 0.4) is 0 Å². The molecule has 212 valence electrons. The van der Waals surface area contributed by atoms with Crippen molar-refractivity contribution >= 4 is 16.7 Å². The van der Waals surface area contributed by atoms with Crippen LogP contribution in [-0.4, -0.2) is 55.2 Å². The van der Waals surface area contributed by atoms with E-state index < -0.39 is 0 Å². The molecule has 1 N–H and O–H groups in total. The molecule has 1 aliphatic carbocycles. The summed E-state index contributed by atoms with van der Waals surface area (Å²) in [5.74, 6) is 1.33. The van der Waals surface area contributed by atoms with E-state index in [-0.39, 0.29) is 23.1 Å². The van der Waals surface area contributed by atoms with E-state index in [1.807, 2.05) is 13.1 Å². The minimum absolute atomic E-state index is 0.0570. The van der Waals surface area contributed by atoms with Crippen molar-refractivity contribution in [3.63, 3.8) is 0 Å². The predicted octanol–water partition coefficient (Wildman–Crippen LogP) is 4.53. The average Bonchev–Trinajstić information content (AvgIpc) is 3.34. The molecule has 1 saturated heterocycles. The zero-order valence-electron chi connectivity index (χ0n) is 23.9. The summed E-state index contributed by atoms with van der Waals surface area (Å²) in [7, 11) is 1.63. The topological polar surface area (TPSA) is 114 Å². The Hall–Kier alpha value is -4.23. The number of hydrogen-bond acceptors (Lipinski definition) is 8. The van der Waals surface area contributed by atoms with Crippen molar-refractivity contribution in [3.05, 3.63) is 64.6 Å². The van der Waals surface area contributed by atoms with E-state index >= 15 is 0 Å². The molecule has 10 nitrogen and oxygen atoms in total. The number of nitrogens with zero attached hydrogens (tertiary/aromatic N) is 7. The van der Waals surface area contributed by atoms with Gasteiger partial charge < -0.3 is 10.1 Å². The van der Waals surface area contributed by atoms with Gasteiger partial charge in [0.1, 0.15) is 17.6 Å². The molecule has 6 rings (SSSR count). The third kappa shape index (κ3) is 5.55. The SMILES string of the molecule is CCNc1cc2c(cn1)c(-c1ccc(CN3CC(C)(C#N)C3)cc1)nn2C1CCC(Oc2ccc(=O)n(C)n2)CC1. The van der Waals surface area contributed by atoms with E-state index in [4.69, 9.17) is 9.84 Å². The third-order valence-corrected chi connectivity index (χ3v) is 8.21. The van der Waals surface area contributed by atoms with E-state index in [1.54, 1.807) is 13.1 Å². The fourth-order valence-corrected chi connectivity index (χ4v) is 6.07. The van der Waals surface area contributed by atoms with Crippen molar-refractivity contribution in [1.29, 1.82) is 5.26 Å². The zero-order chi connectivity index (χ0) is 28.6. The summed E-state index contributed by atoms with van der Waals surface area (Å²) in [6, 6.07) is 16.5. The molecular formula is C31H36N8O2. The van der Waals surface area contributed by atoms with Gasteiger partial charge in [-0.15, -0.1) is 5.10 Å². The van der Waals surface area contributed by atoms with Crippen molar-refractivity contribution in [2.24, 2.45) is 12.5 Å². The Morgan fingerprint density at radius 3 is 2.54 bits per heavy atom. The van der Waals surface area contributed by atoms with Gasteiger partial charge in [-0.1, -0.05) is 24.3 Å². The van der Waals surface area contributed by atoms with Crippen LogP contribution in [0.15, 0.2) is 53.5 Å². The largest absolute Gasteiger partial charge is 0.473 e. The molecule has 0 radical (unpaired) electrons. The first-order valence-corrected chi connectivity index (χ1v) is 14.4. The number of ether oxygens (including phenoxy) is 1. The Bertz CT molecular complexity index is 1640. The van der Waals surface area contributed by atoms with E-state index in [0.29, 0.717) is 5.88 Å². The normalized spacial score (nSPS) is 20.3. The number of likely N-dealkylation sites (tertiary alicyclic amines) is 1. The number of aromatic nitrogens is 5. The van der Waals surface area contributed by atoms with E-state index in [1.165, 1.54) is 16.3 Å². The minimum atomic E-state index is -0.215. The molecule has 41 heavy (non-hydrogen) atoms. The van der Waals surface area contributed by atoms with Crippen molar-refractivity contribution < 1.29 is 4.74 Å². The van der Waals surface area contributed by atoms with E-state index in [0.717, 1.165) is 79.8 Å². The van der Waals surface area contributed by atoms with Crippen molar-refractivity contribution in [2.45, 2.75) is 58.2 Å². The number of anilines is 1. The number of nitrogens with one attached hydrogen (secondary N) is 1. The number of nitriles is 1. The predicted molar refractivity (Wildman–Crippen MR) is 158 cm³/mol. The first kappa shape index (κ1) is 27.0. The van der Waals surface area contributed by atoms with Gasteiger partial charge in [-0.2, -0.15) is 10.4 Å². The second kappa shape index (κ2) is 11.0. The van der Waals surface area contributed by atoms with Crippen LogP contribution in [0, 0.1) is 16.7 Å². The Balaban J connectivity index is 1.21. The number of hydrogen-bond donors (Lipinski definition) is 1. The highest BCUT2D eigenvalue weighted by atomic mass is 16.5. The molecule has 10 heteroatoms. The summed E-state index contributed by atoms with van der Waals surface area (Å²) in [5, 5.41) is 23.1. The van der Waals surface area contributed by atoms with Gasteiger partial charge in [0.2, 0.25) is 5.88 Å². The lowest BCUT2D eigenvalue weighted by molar-refractivity contribution is 0.0530. The number of aryl methyl sites for hydroxylation is 1. The summed E-state index contributed by atoms with van der Waals surface area (Å²) in [5.41, 5.74) is 3.96. The summed E-state index contributed by atoms with van der Waals surface area (Å²) in [6.45, 7) is 7.36. The molecule has 1 aliphatic heterocycles. The second-order valence-electron chi connectivity index (χ2n) is 11.6. The molecule has 1 aromatic carbocycles. The molecule has 0 unspecified atom stereocenters. The molecule has 0 spiro atoms. The standard InChI is InChI=1S/C31H36N8O2/c1-4-33-27-15-26-25(16-34-27)30(22-7-5-21(6-8-22)17-38-19-31(2,18-32)20-38)36-39(26)23-9-11-24(12-10-23)41-28-13-14-29(40)37(3)35-28/h5-8,13-16,23-24H,4,9-12,17,19-20H2,1-3H3,(H,33,34). The Morgan fingerprint density at radius 2 is 1.85 bits per heavy atom. The molecule has 2 fully saturated rings. The smallest absolute Gasteiger partial charge is 0.266 e. The number of benzene rings is 1. The molecule has 4 heterocycles. The maximum Gasteiger partial charge on any atom is 0.266 e. The first-order valence-electron chi connectivity index (χ1n) is 14.4. The summed E-state index contributed by atoms with van der Waals surface area (Å²) >= 11 is 0.